The fraction of sp³-hybridized carbons (Fsp3) is 0.500. The highest BCUT2D eigenvalue weighted by Crippen LogP contribution is 2.24. The van der Waals surface area contributed by atoms with Crippen LogP contribution in [0.1, 0.15) is 0 Å². The van der Waals surface area contributed by atoms with Gasteiger partial charge in [0.25, 0.3) is 0 Å². The molecule has 0 aliphatic carbocycles. The quantitative estimate of drug-likeness (QED) is 0.364. The number of nitrogens with two attached hydrogens (primary N) is 2. The van der Waals surface area contributed by atoms with E-state index < -0.39 is 24.5 Å². The van der Waals surface area contributed by atoms with Crippen LogP contribution >= 0.6 is 0 Å². The Balaban J connectivity index is 1.88. The monoisotopic (exact) mass is 281 g/mol. The lowest BCUT2D eigenvalue weighted by Crippen LogP contribution is -2.43. The maximum Gasteiger partial charge on any atom is 0.224 e. The zero-order valence-corrected chi connectivity index (χ0v) is 10.4. The first kappa shape index (κ1) is 13.0. The van der Waals surface area contributed by atoms with E-state index in [0.717, 1.165) is 0 Å². The number of nitrogen functional groups attached to an aromatic ring is 1. The van der Waals surface area contributed by atoms with Gasteiger partial charge in [0.1, 0.15) is 17.7 Å². The molecule has 0 unspecified atom stereocenters. The molecule has 2 aromatic heterocycles. The van der Waals surface area contributed by atoms with Crippen molar-refractivity contribution in [3.8, 4) is 0 Å². The Morgan fingerprint density at radius 3 is 2.95 bits per heavy atom. The number of imidazole rings is 1. The third-order valence-corrected chi connectivity index (χ3v) is 3.22. The van der Waals surface area contributed by atoms with Crippen LogP contribution in [-0.4, -0.2) is 61.2 Å². The minimum absolute atomic E-state index is 0.0441. The number of nitrogens with one attached hydrogen (secondary N) is 2. The molecule has 0 bridgehead atoms. The maximum atomic E-state index is 9.99. The van der Waals surface area contributed by atoms with Crippen LogP contribution in [0.3, 0.4) is 0 Å². The molecule has 10 nitrogen and oxygen atoms in total. The van der Waals surface area contributed by atoms with Crippen molar-refractivity contribution in [3.05, 3.63) is 6.33 Å². The summed E-state index contributed by atoms with van der Waals surface area (Å²) in [7, 11) is 0. The first-order chi connectivity index (χ1) is 9.60. The number of hydrogen-bond acceptors (Lipinski definition) is 9. The Bertz CT molecular complexity index is 618. The third-order valence-electron chi connectivity index (χ3n) is 3.22. The second kappa shape index (κ2) is 4.83. The zero-order chi connectivity index (χ0) is 14.3. The molecule has 8 N–H and O–H groups in total. The van der Waals surface area contributed by atoms with Gasteiger partial charge in [0.15, 0.2) is 17.7 Å². The summed E-state index contributed by atoms with van der Waals surface area (Å²) >= 11 is 0. The van der Waals surface area contributed by atoms with E-state index in [1.807, 2.05) is 0 Å². The summed E-state index contributed by atoms with van der Waals surface area (Å²) in [6.45, 7) is -0.276. The van der Waals surface area contributed by atoms with E-state index in [1.165, 1.54) is 6.33 Å². The van der Waals surface area contributed by atoms with E-state index in [0.29, 0.717) is 17.0 Å². The summed E-state index contributed by atoms with van der Waals surface area (Å²) in [5.41, 5.74) is 12.3. The normalized spacial score (nSPS) is 29.9. The average Bonchev–Trinajstić information content (AvgIpc) is 2.98. The van der Waals surface area contributed by atoms with Gasteiger partial charge < -0.3 is 36.7 Å². The lowest BCUT2D eigenvalue weighted by Gasteiger charge is -2.17. The molecule has 2 aromatic rings. The summed E-state index contributed by atoms with van der Waals surface area (Å²) in [6.07, 6.45) is -0.971. The van der Waals surface area contributed by atoms with Gasteiger partial charge >= 0.3 is 0 Å². The standard InChI is InChI=1S/C10H15N7O3/c11-4-3(1-18)20-9(6(4)19)15-8-5-7(14-2-13-5)16-10(12)17-8/h2-4,6,9,18-19H,1,11H2,(H4,12,13,14,15,16,17)/t3-,4-,6-,9-/m1/s1. The molecule has 0 radical (unpaired) electrons. The fourth-order valence-electron chi connectivity index (χ4n) is 2.15. The van der Waals surface area contributed by atoms with Gasteiger partial charge in [-0.05, 0) is 0 Å². The SMILES string of the molecule is Nc1nc(N[C@@H]2O[C@H](CO)[C@@H](N)[C@H]2O)c2[nH]cnc2n1. The number of anilines is 2. The highest BCUT2D eigenvalue weighted by atomic mass is 16.5. The van der Waals surface area contributed by atoms with Crippen LogP contribution in [0.2, 0.25) is 0 Å². The number of H-pyrrole nitrogens is 1. The van der Waals surface area contributed by atoms with Crippen molar-refractivity contribution >= 4 is 22.9 Å². The predicted molar refractivity (Wildman–Crippen MR) is 69.4 cm³/mol. The molecular weight excluding hydrogens is 266 g/mol. The first-order valence-corrected chi connectivity index (χ1v) is 6.03. The van der Waals surface area contributed by atoms with Crippen LogP contribution < -0.4 is 16.8 Å². The Morgan fingerprint density at radius 1 is 1.45 bits per heavy atom. The highest BCUT2D eigenvalue weighted by Gasteiger charge is 2.41. The van der Waals surface area contributed by atoms with Gasteiger partial charge in [-0.25, -0.2) is 4.98 Å². The lowest BCUT2D eigenvalue weighted by molar-refractivity contribution is 0.00437. The van der Waals surface area contributed by atoms with Crippen LogP contribution in [-0.2, 0) is 4.74 Å². The van der Waals surface area contributed by atoms with Gasteiger partial charge in [0.2, 0.25) is 5.95 Å². The van der Waals surface area contributed by atoms with E-state index in [2.05, 4.69) is 25.3 Å². The smallest absolute Gasteiger partial charge is 0.224 e. The minimum atomic E-state index is -0.985. The van der Waals surface area contributed by atoms with E-state index >= 15 is 0 Å². The Kier molecular flexibility index (Phi) is 3.14. The van der Waals surface area contributed by atoms with Crippen molar-refractivity contribution in [1.29, 1.82) is 0 Å². The van der Waals surface area contributed by atoms with E-state index in [9.17, 15) is 5.11 Å². The zero-order valence-electron chi connectivity index (χ0n) is 10.4. The van der Waals surface area contributed by atoms with Crippen molar-refractivity contribution in [2.75, 3.05) is 17.7 Å². The number of hydrogen-bond donors (Lipinski definition) is 6. The average molecular weight is 281 g/mol. The second-order valence-corrected chi connectivity index (χ2v) is 4.52. The molecule has 3 rings (SSSR count). The second-order valence-electron chi connectivity index (χ2n) is 4.52. The Hall–Kier alpha value is -2.01. The van der Waals surface area contributed by atoms with Gasteiger partial charge in [0.05, 0.1) is 19.0 Å². The number of aliphatic hydroxyl groups excluding tert-OH is 2. The molecule has 3 heterocycles. The largest absolute Gasteiger partial charge is 0.394 e. The molecule has 1 aliphatic rings. The van der Waals surface area contributed by atoms with Crippen LogP contribution in [0.25, 0.3) is 11.2 Å². The molecule has 20 heavy (non-hydrogen) atoms. The van der Waals surface area contributed by atoms with Crippen LogP contribution in [0.4, 0.5) is 11.8 Å². The number of aromatic nitrogens is 4. The van der Waals surface area contributed by atoms with Gasteiger partial charge in [-0.15, -0.1) is 0 Å². The van der Waals surface area contributed by atoms with E-state index in [1.54, 1.807) is 0 Å². The molecule has 10 heteroatoms. The number of nitrogens with zero attached hydrogens (tertiary/aromatic N) is 3. The van der Waals surface area contributed by atoms with Crippen LogP contribution in [0.5, 0.6) is 0 Å². The molecule has 1 fully saturated rings. The molecule has 1 aliphatic heterocycles. The maximum absolute atomic E-state index is 9.99. The Labute approximate surface area is 113 Å². The third kappa shape index (κ3) is 2.04. The van der Waals surface area contributed by atoms with E-state index in [-0.39, 0.29) is 12.6 Å². The first-order valence-electron chi connectivity index (χ1n) is 6.03. The van der Waals surface area contributed by atoms with Gasteiger partial charge in [-0.2, -0.15) is 9.97 Å². The summed E-state index contributed by atoms with van der Waals surface area (Å²) in [6, 6.07) is -0.686. The summed E-state index contributed by atoms with van der Waals surface area (Å²) < 4.78 is 5.43. The summed E-state index contributed by atoms with van der Waals surface area (Å²) in [5.74, 6) is 0.391. The summed E-state index contributed by atoms with van der Waals surface area (Å²) in [5, 5.41) is 22.0. The number of ether oxygens (including phenoxy) is 1. The Morgan fingerprint density at radius 2 is 2.25 bits per heavy atom. The van der Waals surface area contributed by atoms with Crippen molar-refractivity contribution in [2.45, 2.75) is 24.5 Å². The number of aliphatic hydroxyl groups is 2. The van der Waals surface area contributed by atoms with Gasteiger partial charge in [-0.3, -0.25) is 0 Å². The van der Waals surface area contributed by atoms with Crippen molar-refractivity contribution in [2.24, 2.45) is 5.73 Å². The minimum Gasteiger partial charge on any atom is -0.394 e. The van der Waals surface area contributed by atoms with Crippen molar-refractivity contribution in [1.82, 2.24) is 19.9 Å². The predicted octanol–water partition coefficient (Wildman–Crippen LogP) is -2.25. The molecule has 1 saturated heterocycles. The molecular formula is C10H15N7O3. The van der Waals surface area contributed by atoms with Gasteiger partial charge in [-0.1, -0.05) is 0 Å². The van der Waals surface area contributed by atoms with Crippen LogP contribution in [0, 0.1) is 0 Å². The number of aromatic amines is 1. The highest BCUT2D eigenvalue weighted by molar-refractivity contribution is 5.83. The fourth-order valence-corrected chi connectivity index (χ4v) is 2.15. The number of rotatable bonds is 3. The number of fused-ring (bicyclic) bond motifs is 1. The molecule has 0 amide bonds. The summed E-state index contributed by atoms with van der Waals surface area (Å²) in [4.78, 5) is 14.8. The van der Waals surface area contributed by atoms with Crippen molar-refractivity contribution < 1.29 is 14.9 Å². The molecule has 0 saturated carbocycles. The van der Waals surface area contributed by atoms with Crippen LogP contribution in [0.15, 0.2) is 6.33 Å². The van der Waals surface area contributed by atoms with Crippen molar-refractivity contribution in [3.63, 3.8) is 0 Å². The van der Waals surface area contributed by atoms with Gasteiger partial charge in [0, 0.05) is 0 Å². The topological polar surface area (TPSA) is 168 Å². The molecule has 0 aromatic carbocycles. The lowest BCUT2D eigenvalue weighted by atomic mass is 10.1. The molecule has 0 spiro atoms. The van der Waals surface area contributed by atoms with E-state index in [4.69, 9.17) is 21.3 Å². The molecule has 108 valence electrons. The molecule has 4 atom stereocenters.